The smallest absolute Gasteiger partial charge is 0.303 e. The molecule has 0 aliphatic carbocycles. The van der Waals surface area contributed by atoms with Crippen LogP contribution in [0.25, 0.3) is 0 Å². The van der Waals surface area contributed by atoms with E-state index in [4.69, 9.17) is 21.4 Å². The van der Waals surface area contributed by atoms with E-state index >= 15 is 0 Å². The molecule has 1 amide bonds. The number of amides is 1. The van der Waals surface area contributed by atoms with Crippen LogP contribution in [0.5, 0.6) is 5.75 Å². The Hall–Kier alpha value is -1.75. The van der Waals surface area contributed by atoms with Crippen molar-refractivity contribution in [2.45, 2.75) is 25.7 Å². The molecule has 1 aliphatic rings. The molecule has 0 saturated carbocycles. The molecule has 5 nitrogen and oxygen atoms in total. The van der Waals surface area contributed by atoms with E-state index in [1.807, 2.05) is 0 Å². The van der Waals surface area contributed by atoms with Gasteiger partial charge in [0.25, 0.3) is 5.91 Å². The number of benzene rings is 1. The van der Waals surface area contributed by atoms with Crippen LogP contribution >= 0.6 is 11.6 Å². The largest absolute Gasteiger partial charge is 0.484 e. The maximum atomic E-state index is 12.2. The van der Waals surface area contributed by atoms with Crippen molar-refractivity contribution in [1.82, 2.24) is 4.90 Å². The highest BCUT2D eigenvalue weighted by atomic mass is 35.5. The van der Waals surface area contributed by atoms with Crippen molar-refractivity contribution in [3.05, 3.63) is 29.3 Å². The van der Waals surface area contributed by atoms with Gasteiger partial charge in [0.1, 0.15) is 5.75 Å². The number of ether oxygens (including phenoxy) is 1. The number of carboxylic acids is 1. The van der Waals surface area contributed by atoms with Crippen LogP contribution in [-0.2, 0) is 9.59 Å². The molecule has 1 heterocycles. The first kappa shape index (κ1) is 16.6. The first-order chi connectivity index (χ1) is 10.5. The normalized spacial score (nSPS) is 18.0. The van der Waals surface area contributed by atoms with Crippen molar-refractivity contribution in [3.63, 3.8) is 0 Å². The standard InChI is InChI=1S/C16H20ClNO4/c17-13-4-6-14(7-5-13)22-11-15(19)18-9-1-2-12(10-18)3-8-16(20)21/h4-7,12H,1-3,8-11H2,(H,20,21)/t12-/m0/s1. The molecule has 0 bridgehead atoms. The predicted molar refractivity (Wildman–Crippen MR) is 83.1 cm³/mol. The quantitative estimate of drug-likeness (QED) is 0.873. The molecule has 1 saturated heterocycles. The van der Waals surface area contributed by atoms with Crippen LogP contribution in [0.4, 0.5) is 0 Å². The van der Waals surface area contributed by atoms with Crippen LogP contribution in [-0.4, -0.2) is 41.6 Å². The van der Waals surface area contributed by atoms with Crippen molar-refractivity contribution in [3.8, 4) is 5.75 Å². The number of carbonyl (C=O) groups is 2. The molecule has 0 radical (unpaired) electrons. The van der Waals surface area contributed by atoms with E-state index in [0.29, 0.717) is 30.3 Å². The van der Waals surface area contributed by atoms with Gasteiger partial charge in [0.05, 0.1) is 0 Å². The van der Waals surface area contributed by atoms with Crippen LogP contribution in [0.2, 0.25) is 5.02 Å². The molecule has 120 valence electrons. The Kier molecular flexibility index (Phi) is 6.07. The second-order valence-electron chi connectivity index (χ2n) is 5.52. The van der Waals surface area contributed by atoms with Crippen LogP contribution in [0.15, 0.2) is 24.3 Å². The lowest BCUT2D eigenvalue weighted by molar-refractivity contribution is -0.137. The predicted octanol–water partition coefficient (Wildman–Crippen LogP) is 2.82. The van der Waals surface area contributed by atoms with E-state index in [-0.39, 0.29) is 24.9 Å². The SMILES string of the molecule is O=C(O)CC[C@@H]1CCCN(C(=O)COc2ccc(Cl)cc2)C1. The minimum atomic E-state index is -0.783. The Balaban J connectivity index is 1.78. The highest BCUT2D eigenvalue weighted by Gasteiger charge is 2.24. The van der Waals surface area contributed by atoms with Gasteiger partial charge in [-0.05, 0) is 49.4 Å². The lowest BCUT2D eigenvalue weighted by Gasteiger charge is -2.32. The number of carbonyl (C=O) groups excluding carboxylic acids is 1. The fraction of sp³-hybridized carbons (Fsp3) is 0.500. The fourth-order valence-electron chi connectivity index (χ4n) is 2.62. The summed E-state index contributed by atoms with van der Waals surface area (Å²) < 4.78 is 5.47. The third-order valence-electron chi connectivity index (χ3n) is 3.81. The number of carboxylic acid groups (broad SMARTS) is 1. The molecule has 0 unspecified atom stereocenters. The number of nitrogens with zero attached hydrogens (tertiary/aromatic N) is 1. The van der Waals surface area contributed by atoms with Gasteiger partial charge in [0.15, 0.2) is 6.61 Å². The lowest BCUT2D eigenvalue weighted by Crippen LogP contribution is -2.42. The summed E-state index contributed by atoms with van der Waals surface area (Å²) in [6.45, 7) is 1.33. The Morgan fingerprint density at radius 1 is 1.32 bits per heavy atom. The molecule has 0 spiro atoms. The van der Waals surface area contributed by atoms with Crippen molar-refractivity contribution in [2.24, 2.45) is 5.92 Å². The van der Waals surface area contributed by atoms with Gasteiger partial charge in [-0.25, -0.2) is 0 Å². The minimum Gasteiger partial charge on any atom is -0.484 e. The van der Waals surface area contributed by atoms with Gasteiger partial charge in [-0.2, -0.15) is 0 Å². The second-order valence-corrected chi connectivity index (χ2v) is 5.96. The van der Waals surface area contributed by atoms with Crippen molar-refractivity contribution in [1.29, 1.82) is 0 Å². The number of halogens is 1. The van der Waals surface area contributed by atoms with Crippen LogP contribution in [0.3, 0.4) is 0 Å². The molecule has 22 heavy (non-hydrogen) atoms. The van der Waals surface area contributed by atoms with E-state index in [1.54, 1.807) is 29.2 Å². The van der Waals surface area contributed by atoms with E-state index in [9.17, 15) is 9.59 Å². The van der Waals surface area contributed by atoms with Gasteiger partial charge in [0.2, 0.25) is 0 Å². The zero-order chi connectivity index (χ0) is 15.9. The zero-order valence-corrected chi connectivity index (χ0v) is 13.1. The van der Waals surface area contributed by atoms with Gasteiger partial charge < -0.3 is 14.7 Å². The van der Waals surface area contributed by atoms with E-state index in [1.165, 1.54) is 0 Å². The van der Waals surface area contributed by atoms with Crippen molar-refractivity contribution in [2.75, 3.05) is 19.7 Å². The zero-order valence-electron chi connectivity index (χ0n) is 12.3. The third kappa shape index (κ3) is 5.22. The average molecular weight is 326 g/mol. The maximum absolute atomic E-state index is 12.2. The molecule has 1 aliphatic heterocycles. The summed E-state index contributed by atoms with van der Waals surface area (Å²) in [4.78, 5) is 24.6. The molecular formula is C16H20ClNO4. The second kappa shape index (κ2) is 8.03. The Morgan fingerprint density at radius 2 is 2.05 bits per heavy atom. The van der Waals surface area contributed by atoms with Crippen LogP contribution in [0.1, 0.15) is 25.7 Å². The summed E-state index contributed by atoms with van der Waals surface area (Å²) in [5.74, 6) is 0.0333. The summed E-state index contributed by atoms with van der Waals surface area (Å²) in [5, 5.41) is 9.36. The number of piperidine rings is 1. The summed E-state index contributed by atoms with van der Waals surface area (Å²) in [6, 6.07) is 6.87. The van der Waals surface area contributed by atoms with Gasteiger partial charge in [-0.3, -0.25) is 9.59 Å². The summed E-state index contributed by atoms with van der Waals surface area (Å²) >= 11 is 5.79. The number of hydrogen-bond acceptors (Lipinski definition) is 3. The first-order valence-corrected chi connectivity index (χ1v) is 7.80. The van der Waals surface area contributed by atoms with Crippen LogP contribution < -0.4 is 4.74 Å². The molecule has 1 aromatic carbocycles. The minimum absolute atomic E-state index is 0.00666. The summed E-state index contributed by atoms with van der Waals surface area (Å²) in [7, 11) is 0. The molecule has 6 heteroatoms. The highest BCUT2D eigenvalue weighted by Crippen LogP contribution is 2.21. The van der Waals surface area contributed by atoms with Crippen LogP contribution in [0, 0.1) is 5.92 Å². The number of rotatable bonds is 6. The Morgan fingerprint density at radius 3 is 2.73 bits per heavy atom. The van der Waals surface area contributed by atoms with E-state index in [0.717, 1.165) is 12.8 Å². The molecule has 1 N–H and O–H groups in total. The summed E-state index contributed by atoms with van der Waals surface area (Å²) in [6.07, 6.45) is 2.68. The van der Waals surface area contributed by atoms with Crippen molar-refractivity contribution < 1.29 is 19.4 Å². The number of likely N-dealkylation sites (tertiary alicyclic amines) is 1. The van der Waals surface area contributed by atoms with Gasteiger partial charge in [-0.1, -0.05) is 11.6 Å². The Labute approximate surface area is 134 Å². The number of aliphatic carboxylic acids is 1. The average Bonchev–Trinajstić information content (AvgIpc) is 2.52. The molecule has 2 rings (SSSR count). The lowest BCUT2D eigenvalue weighted by atomic mass is 9.93. The van der Waals surface area contributed by atoms with Gasteiger partial charge in [-0.15, -0.1) is 0 Å². The molecule has 1 atom stereocenters. The van der Waals surface area contributed by atoms with E-state index in [2.05, 4.69) is 0 Å². The monoisotopic (exact) mass is 325 g/mol. The van der Waals surface area contributed by atoms with E-state index < -0.39 is 5.97 Å². The van der Waals surface area contributed by atoms with Gasteiger partial charge in [0, 0.05) is 24.5 Å². The van der Waals surface area contributed by atoms with Crippen molar-refractivity contribution >= 4 is 23.5 Å². The maximum Gasteiger partial charge on any atom is 0.303 e. The number of hydrogen-bond donors (Lipinski definition) is 1. The molecule has 1 fully saturated rings. The highest BCUT2D eigenvalue weighted by molar-refractivity contribution is 6.30. The fourth-order valence-corrected chi connectivity index (χ4v) is 2.75. The Bertz CT molecular complexity index is 517. The molecular weight excluding hydrogens is 306 g/mol. The topological polar surface area (TPSA) is 66.8 Å². The summed E-state index contributed by atoms with van der Waals surface area (Å²) in [5.41, 5.74) is 0. The molecule has 1 aromatic rings. The third-order valence-corrected chi connectivity index (χ3v) is 4.07. The first-order valence-electron chi connectivity index (χ1n) is 7.42. The molecule has 0 aromatic heterocycles. The van der Waals surface area contributed by atoms with Gasteiger partial charge >= 0.3 is 5.97 Å².